The number of hydrogen-bond acceptors (Lipinski definition) is 4. The first-order valence-corrected chi connectivity index (χ1v) is 7.03. The summed E-state index contributed by atoms with van der Waals surface area (Å²) in [4.78, 5) is 0.233. The molecule has 0 unspecified atom stereocenters. The maximum Gasteiger partial charge on any atom is 0.243 e. The van der Waals surface area contributed by atoms with Gasteiger partial charge >= 0.3 is 0 Å². The second-order valence-electron chi connectivity index (χ2n) is 3.70. The number of rotatable bonds is 7. The first kappa shape index (κ1) is 14.1. The lowest BCUT2D eigenvalue weighted by atomic mass is 10.5. The van der Waals surface area contributed by atoms with Crippen molar-refractivity contribution in [2.45, 2.75) is 25.2 Å². The fourth-order valence-corrected chi connectivity index (χ4v) is 2.73. The number of aryl methyl sites for hydroxylation is 2. The van der Waals surface area contributed by atoms with Gasteiger partial charge in [0, 0.05) is 33.0 Å². The zero-order valence-corrected chi connectivity index (χ0v) is 11.2. The molecule has 0 aliphatic rings. The Hall–Kier alpha value is -0.920. The number of aromatic nitrogens is 2. The van der Waals surface area contributed by atoms with Crippen LogP contribution in [0.5, 0.6) is 0 Å². The van der Waals surface area contributed by atoms with Crippen molar-refractivity contribution in [2.75, 3.05) is 19.8 Å². The largest absolute Gasteiger partial charge is 0.382 e. The normalized spacial score (nSPS) is 11.9. The first-order chi connectivity index (χ1) is 7.97. The highest BCUT2D eigenvalue weighted by Crippen LogP contribution is 2.11. The molecule has 1 heterocycles. The van der Waals surface area contributed by atoms with Crippen molar-refractivity contribution in [1.29, 1.82) is 0 Å². The van der Waals surface area contributed by atoms with Gasteiger partial charge in [-0.25, -0.2) is 13.1 Å². The number of ether oxygens (including phenoxy) is 1. The van der Waals surface area contributed by atoms with Gasteiger partial charge in [-0.1, -0.05) is 0 Å². The molecule has 0 radical (unpaired) electrons. The second-order valence-corrected chi connectivity index (χ2v) is 5.44. The lowest BCUT2D eigenvalue weighted by molar-refractivity contribution is 0.146. The molecule has 7 heteroatoms. The standard InChI is InChI=1S/C10H19N3O3S/c1-4-16-7-5-6-11-17(14,15)10-8-13(3)12-9(10)2/h8,11H,4-7H2,1-3H3. The predicted molar refractivity (Wildman–Crippen MR) is 64.2 cm³/mol. The molecule has 0 aliphatic heterocycles. The molecule has 0 fully saturated rings. The van der Waals surface area contributed by atoms with E-state index < -0.39 is 10.0 Å². The summed E-state index contributed by atoms with van der Waals surface area (Å²) in [5.41, 5.74) is 0.504. The maximum absolute atomic E-state index is 11.9. The van der Waals surface area contributed by atoms with Crippen molar-refractivity contribution in [3.63, 3.8) is 0 Å². The number of sulfonamides is 1. The molecular weight excluding hydrogens is 242 g/mol. The van der Waals surface area contributed by atoms with Crippen LogP contribution in [0.2, 0.25) is 0 Å². The SMILES string of the molecule is CCOCCCNS(=O)(=O)c1cn(C)nc1C. The minimum Gasteiger partial charge on any atom is -0.382 e. The fourth-order valence-electron chi connectivity index (χ4n) is 1.44. The van der Waals surface area contributed by atoms with Crippen LogP contribution >= 0.6 is 0 Å². The van der Waals surface area contributed by atoms with E-state index in [-0.39, 0.29) is 4.90 Å². The Labute approximate surface area is 102 Å². The topological polar surface area (TPSA) is 73.2 Å². The molecule has 1 N–H and O–H groups in total. The summed E-state index contributed by atoms with van der Waals surface area (Å²) in [6, 6.07) is 0. The molecule has 0 aliphatic carbocycles. The van der Waals surface area contributed by atoms with Crippen molar-refractivity contribution >= 4 is 10.0 Å². The third kappa shape index (κ3) is 4.10. The zero-order chi connectivity index (χ0) is 12.9. The van der Waals surface area contributed by atoms with Crippen LogP contribution in [-0.4, -0.2) is 38.0 Å². The summed E-state index contributed by atoms with van der Waals surface area (Å²) in [6.07, 6.45) is 2.16. The highest BCUT2D eigenvalue weighted by Gasteiger charge is 2.18. The van der Waals surface area contributed by atoms with Gasteiger partial charge in [-0.15, -0.1) is 0 Å². The molecule has 0 atom stereocenters. The van der Waals surface area contributed by atoms with Gasteiger partial charge in [0.1, 0.15) is 4.90 Å². The summed E-state index contributed by atoms with van der Waals surface area (Å²) >= 11 is 0. The van der Waals surface area contributed by atoms with Crippen LogP contribution in [0.15, 0.2) is 11.1 Å². The molecule has 0 aromatic carbocycles. The lowest BCUT2D eigenvalue weighted by Gasteiger charge is -2.05. The van der Waals surface area contributed by atoms with Crippen molar-refractivity contribution in [3.05, 3.63) is 11.9 Å². The predicted octanol–water partition coefficient (Wildman–Crippen LogP) is 0.433. The molecule has 6 nitrogen and oxygen atoms in total. The average molecular weight is 261 g/mol. The molecule has 0 amide bonds. The molecule has 0 saturated carbocycles. The molecule has 0 saturated heterocycles. The Morgan fingerprint density at radius 2 is 2.24 bits per heavy atom. The fraction of sp³-hybridized carbons (Fsp3) is 0.700. The van der Waals surface area contributed by atoms with Crippen molar-refractivity contribution in [2.24, 2.45) is 7.05 Å². The van der Waals surface area contributed by atoms with Crippen LogP contribution in [0.25, 0.3) is 0 Å². The highest BCUT2D eigenvalue weighted by atomic mass is 32.2. The number of nitrogens with zero attached hydrogens (tertiary/aromatic N) is 2. The van der Waals surface area contributed by atoms with Gasteiger partial charge in [-0.2, -0.15) is 5.10 Å². The van der Waals surface area contributed by atoms with E-state index in [2.05, 4.69) is 9.82 Å². The van der Waals surface area contributed by atoms with Crippen LogP contribution in [0, 0.1) is 6.92 Å². The molecule has 0 bridgehead atoms. The highest BCUT2D eigenvalue weighted by molar-refractivity contribution is 7.89. The van der Waals surface area contributed by atoms with Crippen LogP contribution in [0.4, 0.5) is 0 Å². The molecule has 98 valence electrons. The maximum atomic E-state index is 11.9. The van der Waals surface area contributed by atoms with Gasteiger partial charge in [-0.3, -0.25) is 4.68 Å². The minimum absolute atomic E-state index is 0.233. The van der Waals surface area contributed by atoms with E-state index in [1.54, 1.807) is 14.0 Å². The summed E-state index contributed by atoms with van der Waals surface area (Å²) in [6.45, 7) is 5.16. The number of nitrogens with one attached hydrogen (secondary N) is 1. The summed E-state index contributed by atoms with van der Waals surface area (Å²) < 4.78 is 32.9. The van der Waals surface area contributed by atoms with E-state index in [1.165, 1.54) is 10.9 Å². The van der Waals surface area contributed by atoms with E-state index in [0.29, 0.717) is 31.9 Å². The Bertz CT molecular complexity index is 453. The molecule has 1 aromatic heterocycles. The first-order valence-electron chi connectivity index (χ1n) is 5.55. The van der Waals surface area contributed by atoms with E-state index in [9.17, 15) is 8.42 Å². The third-order valence-electron chi connectivity index (χ3n) is 2.22. The van der Waals surface area contributed by atoms with Crippen molar-refractivity contribution in [3.8, 4) is 0 Å². The van der Waals surface area contributed by atoms with E-state index in [4.69, 9.17) is 4.74 Å². The quantitative estimate of drug-likeness (QED) is 0.723. The summed E-state index contributed by atoms with van der Waals surface area (Å²) in [7, 11) is -1.75. The molecule has 1 rings (SSSR count). The van der Waals surface area contributed by atoms with Crippen LogP contribution < -0.4 is 4.72 Å². The Kier molecular flexibility index (Phi) is 5.10. The lowest BCUT2D eigenvalue weighted by Crippen LogP contribution is -2.25. The Morgan fingerprint density at radius 3 is 2.76 bits per heavy atom. The zero-order valence-electron chi connectivity index (χ0n) is 10.4. The van der Waals surface area contributed by atoms with Crippen molar-refractivity contribution in [1.82, 2.24) is 14.5 Å². The van der Waals surface area contributed by atoms with E-state index >= 15 is 0 Å². The van der Waals surface area contributed by atoms with Crippen LogP contribution in [0.1, 0.15) is 19.0 Å². The summed E-state index contributed by atoms with van der Waals surface area (Å²) in [5.74, 6) is 0. The van der Waals surface area contributed by atoms with Crippen LogP contribution in [-0.2, 0) is 21.8 Å². The monoisotopic (exact) mass is 261 g/mol. The van der Waals surface area contributed by atoms with Gasteiger partial charge in [0.2, 0.25) is 10.0 Å². The third-order valence-corrected chi connectivity index (χ3v) is 3.78. The molecule has 17 heavy (non-hydrogen) atoms. The smallest absolute Gasteiger partial charge is 0.243 e. The van der Waals surface area contributed by atoms with Gasteiger partial charge in [0.05, 0.1) is 5.69 Å². The number of hydrogen-bond donors (Lipinski definition) is 1. The molecule has 0 spiro atoms. The van der Waals surface area contributed by atoms with Gasteiger partial charge in [0.25, 0.3) is 0 Å². The van der Waals surface area contributed by atoms with Crippen LogP contribution in [0.3, 0.4) is 0 Å². The van der Waals surface area contributed by atoms with E-state index in [0.717, 1.165) is 0 Å². The molecule has 1 aromatic rings. The van der Waals surface area contributed by atoms with Crippen molar-refractivity contribution < 1.29 is 13.2 Å². The van der Waals surface area contributed by atoms with E-state index in [1.807, 2.05) is 6.92 Å². The van der Waals surface area contributed by atoms with Gasteiger partial charge < -0.3 is 4.74 Å². The Morgan fingerprint density at radius 1 is 1.53 bits per heavy atom. The second kappa shape index (κ2) is 6.13. The summed E-state index contributed by atoms with van der Waals surface area (Å²) in [5, 5.41) is 4.01. The minimum atomic E-state index is -3.45. The Balaban J connectivity index is 2.54. The van der Waals surface area contributed by atoms with Gasteiger partial charge in [-0.05, 0) is 20.3 Å². The van der Waals surface area contributed by atoms with Gasteiger partial charge in [0.15, 0.2) is 0 Å². The molecular formula is C10H19N3O3S. The average Bonchev–Trinajstić information content (AvgIpc) is 2.58.